The summed E-state index contributed by atoms with van der Waals surface area (Å²) in [5.41, 5.74) is 0.672. The third-order valence-electron chi connectivity index (χ3n) is 4.72. The molecule has 0 N–H and O–H groups in total. The Kier molecular flexibility index (Phi) is 3.88. The summed E-state index contributed by atoms with van der Waals surface area (Å²) >= 11 is 5.89. The van der Waals surface area contributed by atoms with Crippen molar-refractivity contribution in [3.63, 3.8) is 0 Å². The number of nitro groups is 1. The Bertz CT molecular complexity index is 766. The van der Waals surface area contributed by atoms with Crippen LogP contribution in [0.25, 0.3) is 0 Å². The SMILES string of the molecule is O=[N+]([O-])c1cc(Cl)ccc1N1CCC(c2noc(C3CC3)n2)CC1. The van der Waals surface area contributed by atoms with E-state index < -0.39 is 0 Å². The van der Waals surface area contributed by atoms with Gasteiger partial charge in [0, 0.05) is 36.0 Å². The molecule has 1 aromatic carbocycles. The van der Waals surface area contributed by atoms with E-state index in [9.17, 15) is 10.1 Å². The molecule has 0 amide bonds. The fourth-order valence-electron chi connectivity index (χ4n) is 3.20. The first-order valence-electron chi connectivity index (χ1n) is 8.14. The van der Waals surface area contributed by atoms with Crippen molar-refractivity contribution < 1.29 is 9.45 Å². The Morgan fingerprint density at radius 1 is 1.21 bits per heavy atom. The van der Waals surface area contributed by atoms with Crippen LogP contribution >= 0.6 is 11.6 Å². The molecule has 2 aliphatic rings. The van der Waals surface area contributed by atoms with Crippen LogP contribution in [0.5, 0.6) is 0 Å². The van der Waals surface area contributed by atoms with E-state index in [1.807, 2.05) is 4.90 Å². The fraction of sp³-hybridized carbons (Fsp3) is 0.500. The van der Waals surface area contributed by atoms with Crippen molar-refractivity contribution in [1.82, 2.24) is 10.1 Å². The second kappa shape index (κ2) is 6.05. The molecule has 1 aromatic heterocycles. The normalized spacial score (nSPS) is 18.8. The highest BCUT2D eigenvalue weighted by atomic mass is 35.5. The molecule has 4 rings (SSSR count). The summed E-state index contributed by atoms with van der Waals surface area (Å²) in [6, 6.07) is 4.82. The smallest absolute Gasteiger partial charge is 0.294 e. The van der Waals surface area contributed by atoms with E-state index in [2.05, 4.69) is 10.1 Å². The molecule has 8 heteroatoms. The van der Waals surface area contributed by atoms with E-state index in [4.69, 9.17) is 16.1 Å². The zero-order valence-corrected chi connectivity index (χ0v) is 13.8. The third-order valence-corrected chi connectivity index (χ3v) is 4.95. The predicted octanol–water partition coefficient (Wildman–Crippen LogP) is 3.89. The molecule has 2 fully saturated rings. The topological polar surface area (TPSA) is 85.3 Å². The second-order valence-electron chi connectivity index (χ2n) is 6.42. The highest BCUT2D eigenvalue weighted by molar-refractivity contribution is 6.30. The molecule has 0 unspecified atom stereocenters. The van der Waals surface area contributed by atoms with Gasteiger partial charge in [0.25, 0.3) is 5.69 Å². The number of anilines is 1. The van der Waals surface area contributed by atoms with Gasteiger partial charge in [-0.1, -0.05) is 16.8 Å². The first-order valence-corrected chi connectivity index (χ1v) is 8.52. The Hall–Kier alpha value is -2.15. The van der Waals surface area contributed by atoms with E-state index >= 15 is 0 Å². The molecule has 2 heterocycles. The molecule has 0 bridgehead atoms. The van der Waals surface area contributed by atoms with Crippen LogP contribution in [0.3, 0.4) is 0 Å². The molecule has 1 aliphatic carbocycles. The Balaban J connectivity index is 1.46. The second-order valence-corrected chi connectivity index (χ2v) is 6.85. The highest BCUT2D eigenvalue weighted by Crippen LogP contribution is 2.40. The average Bonchev–Trinajstić information content (AvgIpc) is 3.32. The minimum absolute atomic E-state index is 0.0523. The number of nitrogens with zero attached hydrogens (tertiary/aromatic N) is 4. The van der Waals surface area contributed by atoms with Crippen molar-refractivity contribution in [3.05, 3.63) is 45.1 Å². The van der Waals surface area contributed by atoms with Crippen molar-refractivity contribution in [1.29, 1.82) is 0 Å². The van der Waals surface area contributed by atoms with Crippen LogP contribution < -0.4 is 4.90 Å². The minimum atomic E-state index is -0.381. The summed E-state index contributed by atoms with van der Waals surface area (Å²) in [4.78, 5) is 17.4. The van der Waals surface area contributed by atoms with Gasteiger partial charge < -0.3 is 9.42 Å². The number of rotatable bonds is 4. The lowest BCUT2D eigenvalue weighted by atomic mass is 9.95. The van der Waals surface area contributed by atoms with E-state index in [-0.39, 0.29) is 16.5 Å². The van der Waals surface area contributed by atoms with E-state index in [1.165, 1.54) is 6.07 Å². The highest BCUT2D eigenvalue weighted by Gasteiger charge is 2.32. The number of nitro benzene ring substituents is 1. The molecular weight excluding hydrogens is 332 g/mol. The third kappa shape index (κ3) is 2.96. The van der Waals surface area contributed by atoms with Crippen LogP contribution in [0.1, 0.15) is 49.2 Å². The van der Waals surface area contributed by atoms with E-state index in [0.29, 0.717) is 16.6 Å². The maximum atomic E-state index is 11.3. The zero-order valence-electron chi connectivity index (χ0n) is 13.0. The van der Waals surface area contributed by atoms with Crippen molar-refractivity contribution in [2.45, 2.75) is 37.5 Å². The van der Waals surface area contributed by atoms with Crippen LogP contribution in [0.4, 0.5) is 11.4 Å². The maximum Gasteiger partial charge on any atom is 0.294 e. The van der Waals surface area contributed by atoms with Crippen LogP contribution in [-0.2, 0) is 0 Å². The number of aromatic nitrogens is 2. The fourth-order valence-corrected chi connectivity index (χ4v) is 3.36. The first kappa shape index (κ1) is 15.4. The van der Waals surface area contributed by atoms with Gasteiger partial charge in [-0.15, -0.1) is 0 Å². The van der Waals surface area contributed by atoms with Gasteiger partial charge in [-0.25, -0.2) is 0 Å². The standard InChI is InChI=1S/C16H17ClN4O3/c17-12-3-4-13(14(9-12)21(22)23)20-7-5-10(6-8-20)15-18-16(24-19-15)11-1-2-11/h3-4,9-11H,1-2,5-8H2. The Morgan fingerprint density at radius 3 is 2.62 bits per heavy atom. The van der Waals surface area contributed by atoms with E-state index in [0.717, 1.165) is 50.5 Å². The maximum absolute atomic E-state index is 11.3. The van der Waals surface area contributed by atoms with Crippen LogP contribution in [0.2, 0.25) is 5.02 Å². The molecule has 0 radical (unpaired) electrons. The van der Waals surface area contributed by atoms with E-state index in [1.54, 1.807) is 12.1 Å². The van der Waals surface area contributed by atoms with Gasteiger partial charge in [-0.2, -0.15) is 4.98 Å². The lowest BCUT2D eigenvalue weighted by Gasteiger charge is -2.32. The van der Waals surface area contributed by atoms with Crippen LogP contribution in [0.15, 0.2) is 22.7 Å². The van der Waals surface area contributed by atoms with Crippen LogP contribution in [0, 0.1) is 10.1 Å². The molecule has 1 aliphatic heterocycles. The molecule has 0 spiro atoms. The molecule has 2 aromatic rings. The lowest BCUT2D eigenvalue weighted by Crippen LogP contribution is -2.33. The molecule has 24 heavy (non-hydrogen) atoms. The molecule has 1 saturated carbocycles. The predicted molar refractivity (Wildman–Crippen MR) is 88.6 cm³/mol. The summed E-state index contributed by atoms with van der Waals surface area (Å²) in [6.45, 7) is 1.45. The monoisotopic (exact) mass is 348 g/mol. The van der Waals surface area contributed by atoms with Gasteiger partial charge in [0.05, 0.1) is 4.92 Å². The minimum Gasteiger partial charge on any atom is -0.366 e. The Morgan fingerprint density at radius 2 is 1.96 bits per heavy atom. The number of halogens is 1. The van der Waals surface area contributed by atoms with Gasteiger partial charge in [0.1, 0.15) is 5.69 Å². The lowest BCUT2D eigenvalue weighted by molar-refractivity contribution is -0.384. The Labute approximate surface area is 143 Å². The first-order chi connectivity index (χ1) is 11.6. The molecule has 7 nitrogen and oxygen atoms in total. The molecular formula is C16H17ClN4O3. The summed E-state index contributed by atoms with van der Waals surface area (Å²) in [5.74, 6) is 2.26. The summed E-state index contributed by atoms with van der Waals surface area (Å²) in [7, 11) is 0. The molecule has 0 atom stereocenters. The molecule has 1 saturated heterocycles. The van der Waals surface area contributed by atoms with Gasteiger partial charge in [0.2, 0.25) is 5.89 Å². The number of hydrogen-bond donors (Lipinski definition) is 0. The number of benzene rings is 1. The van der Waals surface area contributed by atoms with Gasteiger partial charge in [-0.3, -0.25) is 10.1 Å². The largest absolute Gasteiger partial charge is 0.366 e. The average molecular weight is 349 g/mol. The van der Waals surface area contributed by atoms with Gasteiger partial charge >= 0.3 is 0 Å². The quantitative estimate of drug-likeness (QED) is 0.615. The van der Waals surface area contributed by atoms with Crippen molar-refractivity contribution >= 4 is 23.0 Å². The summed E-state index contributed by atoms with van der Waals surface area (Å²) < 4.78 is 5.34. The van der Waals surface area contributed by atoms with Gasteiger partial charge in [-0.05, 0) is 37.8 Å². The van der Waals surface area contributed by atoms with Crippen molar-refractivity contribution in [2.75, 3.05) is 18.0 Å². The van der Waals surface area contributed by atoms with Crippen molar-refractivity contribution in [2.24, 2.45) is 0 Å². The number of hydrogen-bond acceptors (Lipinski definition) is 6. The van der Waals surface area contributed by atoms with Crippen molar-refractivity contribution in [3.8, 4) is 0 Å². The summed E-state index contributed by atoms with van der Waals surface area (Å²) in [5, 5.41) is 15.8. The zero-order chi connectivity index (χ0) is 16.7. The van der Waals surface area contributed by atoms with Gasteiger partial charge in [0.15, 0.2) is 5.82 Å². The number of piperidine rings is 1. The molecule has 126 valence electrons. The summed E-state index contributed by atoms with van der Waals surface area (Å²) in [6.07, 6.45) is 3.98. The van der Waals surface area contributed by atoms with Crippen LogP contribution in [-0.4, -0.2) is 28.2 Å².